The number of benzene rings is 2. The van der Waals surface area contributed by atoms with Crippen molar-refractivity contribution in [2.45, 2.75) is 45.1 Å². The van der Waals surface area contributed by atoms with Gasteiger partial charge >= 0.3 is 0 Å². The molecule has 0 spiro atoms. The van der Waals surface area contributed by atoms with Crippen LogP contribution in [0.1, 0.15) is 43.5 Å². The van der Waals surface area contributed by atoms with Crippen LogP contribution in [0.15, 0.2) is 41.3 Å². The van der Waals surface area contributed by atoms with Gasteiger partial charge in [0.2, 0.25) is 10.0 Å². The Kier molecular flexibility index (Phi) is 5.98. The molecule has 1 aliphatic rings. The zero-order valence-corrected chi connectivity index (χ0v) is 19.2. The normalized spacial score (nSPS) is 17.3. The lowest BCUT2D eigenvalue weighted by molar-refractivity contribution is -0.130. The van der Waals surface area contributed by atoms with Gasteiger partial charge in [0, 0.05) is 12.0 Å². The van der Waals surface area contributed by atoms with Crippen LogP contribution in [-0.4, -0.2) is 39.3 Å². The molecule has 0 aromatic heterocycles. The number of fused-ring (bicyclic) bond motifs is 1. The van der Waals surface area contributed by atoms with Crippen LogP contribution in [-0.2, 0) is 21.2 Å². The zero-order chi connectivity index (χ0) is 22.3. The monoisotopic (exact) mass is 431 g/mol. The van der Waals surface area contributed by atoms with Crippen molar-refractivity contribution >= 4 is 15.8 Å². The molecular weight excluding hydrogens is 402 g/mol. The number of carbonyl (C=O) groups is 1. The van der Waals surface area contributed by atoms with Crippen LogP contribution < -0.4 is 9.47 Å². The number of sulfonamides is 1. The average Bonchev–Trinajstić information content (AvgIpc) is 2.70. The predicted molar refractivity (Wildman–Crippen MR) is 116 cm³/mol. The molecule has 0 fully saturated rings. The first-order valence-electron chi connectivity index (χ1n) is 9.88. The van der Waals surface area contributed by atoms with Crippen LogP contribution in [0, 0.1) is 12.3 Å². The molecule has 2 aromatic rings. The maximum Gasteiger partial charge on any atom is 0.244 e. The first-order chi connectivity index (χ1) is 14.0. The third-order valence-corrected chi connectivity index (χ3v) is 7.32. The molecule has 0 radical (unpaired) electrons. The standard InChI is InChI=1S/C23H29NO5S/c1-15-7-9-17(10-8-15)30(26,27)24-12-11-16-13-19(28-5)20(29-6)14-18(16)21(24)22(25)23(2,3)4/h7-10,13-14,21H,11-12H2,1-6H3. The van der Waals surface area contributed by atoms with Gasteiger partial charge in [-0.2, -0.15) is 4.31 Å². The molecule has 0 aliphatic carbocycles. The van der Waals surface area contributed by atoms with Crippen LogP contribution in [0.3, 0.4) is 0 Å². The minimum Gasteiger partial charge on any atom is -0.493 e. The summed E-state index contributed by atoms with van der Waals surface area (Å²) in [5, 5.41) is 0. The van der Waals surface area contributed by atoms with E-state index in [2.05, 4.69) is 0 Å². The molecule has 1 atom stereocenters. The average molecular weight is 432 g/mol. The molecule has 162 valence electrons. The number of ether oxygens (including phenoxy) is 2. The Morgan fingerprint density at radius 1 is 1.03 bits per heavy atom. The van der Waals surface area contributed by atoms with Gasteiger partial charge in [-0.1, -0.05) is 38.5 Å². The van der Waals surface area contributed by atoms with Gasteiger partial charge in [0.15, 0.2) is 17.3 Å². The van der Waals surface area contributed by atoms with Crippen molar-refractivity contribution in [3.05, 3.63) is 53.1 Å². The highest BCUT2D eigenvalue weighted by Gasteiger charge is 2.44. The van der Waals surface area contributed by atoms with Crippen molar-refractivity contribution < 1.29 is 22.7 Å². The first-order valence-corrected chi connectivity index (χ1v) is 11.3. The predicted octanol–water partition coefficient (Wildman–Crippen LogP) is 3.92. The number of rotatable bonds is 5. The van der Waals surface area contributed by atoms with Crippen LogP contribution >= 0.6 is 0 Å². The Morgan fingerprint density at radius 3 is 2.13 bits per heavy atom. The number of ketones is 1. The number of carbonyl (C=O) groups excluding carboxylic acids is 1. The van der Waals surface area contributed by atoms with E-state index in [0.717, 1.165) is 11.1 Å². The molecule has 0 amide bonds. The fourth-order valence-electron chi connectivity index (χ4n) is 3.71. The van der Waals surface area contributed by atoms with E-state index < -0.39 is 21.5 Å². The Hall–Kier alpha value is -2.38. The smallest absolute Gasteiger partial charge is 0.244 e. The molecule has 0 bridgehead atoms. The van der Waals surface area contributed by atoms with Crippen LogP contribution in [0.5, 0.6) is 11.5 Å². The van der Waals surface area contributed by atoms with Gasteiger partial charge in [0.25, 0.3) is 0 Å². The summed E-state index contributed by atoms with van der Waals surface area (Å²) in [6.45, 7) is 7.54. The minimum atomic E-state index is -3.87. The maximum atomic E-state index is 13.5. The quantitative estimate of drug-likeness (QED) is 0.718. The highest BCUT2D eigenvalue weighted by Crippen LogP contribution is 2.43. The Morgan fingerprint density at radius 2 is 1.60 bits per heavy atom. The van der Waals surface area contributed by atoms with Gasteiger partial charge in [-0.05, 0) is 48.7 Å². The second-order valence-corrected chi connectivity index (χ2v) is 10.5. The van der Waals surface area contributed by atoms with E-state index in [1.165, 1.54) is 11.4 Å². The van der Waals surface area contributed by atoms with Gasteiger partial charge in [-0.25, -0.2) is 8.42 Å². The number of nitrogens with zero attached hydrogens (tertiary/aromatic N) is 1. The van der Waals surface area contributed by atoms with Crippen LogP contribution in [0.25, 0.3) is 0 Å². The summed E-state index contributed by atoms with van der Waals surface area (Å²) in [5.41, 5.74) is 1.78. The summed E-state index contributed by atoms with van der Waals surface area (Å²) in [5.74, 6) is 0.872. The van der Waals surface area contributed by atoms with E-state index in [0.29, 0.717) is 23.5 Å². The molecule has 30 heavy (non-hydrogen) atoms. The molecule has 1 unspecified atom stereocenters. The van der Waals surface area contributed by atoms with Crippen molar-refractivity contribution in [1.29, 1.82) is 0 Å². The SMILES string of the molecule is COc1cc2c(cc1OC)C(C(=O)C(C)(C)C)N(S(=O)(=O)c1ccc(C)cc1)CC2. The second-order valence-electron chi connectivity index (χ2n) is 8.60. The van der Waals surface area contributed by atoms with Crippen LogP contribution in [0.2, 0.25) is 0 Å². The lowest BCUT2D eigenvalue weighted by Crippen LogP contribution is -2.46. The minimum absolute atomic E-state index is 0.161. The van der Waals surface area contributed by atoms with E-state index in [1.54, 1.807) is 58.2 Å². The van der Waals surface area contributed by atoms with E-state index in [-0.39, 0.29) is 17.2 Å². The number of hydrogen-bond donors (Lipinski definition) is 0. The van der Waals surface area contributed by atoms with Gasteiger partial charge in [-0.3, -0.25) is 4.79 Å². The third-order valence-electron chi connectivity index (χ3n) is 5.44. The van der Waals surface area contributed by atoms with E-state index >= 15 is 0 Å². The number of methoxy groups -OCH3 is 2. The number of Topliss-reactive ketones (excluding diaryl/α,β-unsaturated/α-hetero) is 1. The molecule has 3 rings (SSSR count). The van der Waals surface area contributed by atoms with Gasteiger partial charge < -0.3 is 9.47 Å². The van der Waals surface area contributed by atoms with Crippen molar-refractivity contribution in [3.8, 4) is 11.5 Å². The zero-order valence-electron chi connectivity index (χ0n) is 18.4. The lowest BCUT2D eigenvalue weighted by atomic mass is 9.80. The Labute approximate surface area is 178 Å². The Balaban J connectivity index is 2.20. The fraction of sp³-hybridized carbons (Fsp3) is 0.435. The fourth-order valence-corrected chi connectivity index (χ4v) is 5.28. The van der Waals surface area contributed by atoms with Crippen molar-refractivity contribution in [2.75, 3.05) is 20.8 Å². The largest absolute Gasteiger partial charge is 0.493 e. The van der Waals surface area contributed by atoms with Crippen LogP contribution in [0.4, 0.5) is 0 Å². The summed E-state index contributed by atoms with van der Waals surface area (Å²) in [6, 6.07) is 9.35. The van der Waals surface area contributed by atoms with Gasteiger partial charge in [-0.15, -0.1) is 0 Å². The lowest BCUT2D eigenvalue weighted by Gasteiger charge is -2.38. The van der Waals surface area contributed by atoms with Crippen molar-refractivity contribution in [1.82, 2.24) is 4.31 Å². The van der Waals surface area contributed by atoms with Crippen molar-refractivity contribution in [3.63, 3.8) is 0 Å². The maximum absolute atomic E-state index is 13.5. The number of aryl methyl sites for hydroxylation is 1. The summed E-state index contributed by atoms with van der Waals surface area (Å²) >= 11 is 0. The molecule has 1 aliphatic heterocycles. The van der Waals surface area contributed by atoms with E-state index in [9.17, 15) is 13.2 Å². The molecule has 6 nitrogen and oxygen atoms in total. The molecular formula is C23H29NO5S. The molecule has 0 saturated carbocycles. The highest BCUT2D eigenvalue weighted by atomic mass is 32.2. The summed E-state index contributed by atoms with van der Waals surface area (Å²) in [4.78, 5) is 13.7. The highest BCUT2D eigenvalue weighted by molar-refractivity contribution is 7.89. The molecule has 0 saturated heterocycles. The van der Waals surface area contributed by atoms with Gasteiger partial charge in [0.1, 0.15) is 6.04 Å². The van der Waals surface area contributed by atoms with E-state index in [1.807, 2.05) is 13.0 Å². The summed E-state index contributed by atoms with van der Waals surface area (Å²) in [7, 11) is -0.794. The molecule has 1 heterocycles. The number of hydrogen-bond acceptors (Lipinski definition) is 5. The van der Waals surface area contributed by atoms with Gasteiger partial charge in [0.05, 0.1) is 19.1 Å². The summed E-state index contributed by atoms with van der Waals surface area (Å²) < 4.78 is 39.3. The topological polar surface area (TPSA) is 72.9 Å². The third kappa shape index (κ3) is 3.96. The molecule has 0 N–H and O–H groups in total. The van der Waals surface area contributed by atoms with E-state index in [4.69, 9.17) is 9.47 Å². The molecule has 7 heteroatoms. The second kappa shape index (κ2) is 8.04. The Bertz CT molecular complexity index is 1050. The summed E-state index contributed by atoms with van der Waals surface area (Å²) in [6.07, 6.45) is 0.481. The molecule has 2 aromatic carbocycles. The first kappa shape index (κ1) is 22.3. The van der Waals surface area contributed by atoms with Crippen molar-refractivity contribution in [2.24, 2.45) is 5.41 Å².